The minimum Gasteiger partial charge on any atom is -0.361 e. The van der Waals surface area contributed by atoms with Gasteiger partial charge in [0.2, 0.25) is 0 Å². The molecule has 0 aromatic rings. The predicted octanol–water partition coefficient (Wildman–Crippen LogP) is 2.22. The van der Waals surface area contributed by atoms with E-state index in [9.17, 15) is 13.2 Å². The highest BCUT2D eigenvalue weighted by Gasteiger charge is 2.39. The van der Waals surface area contributed by atoms with Crippen LogP contribution in [-0.4, -0.2) is 32.3 Å². The minimum absolute atomic E-state index is 0.0314. The maximum absolute atomic E-state index is 11.7. The summed E-state index contributed by atoms with van der Waals surface area (Å²) in [6.07, 6.45) is -7.30. The summed E-state index contributed by atoms with van der Waals surface area (Å²) in [6.45, 7) is 6.04. The van der Waals surface area contributed by atoms with E-state index in [-0.39, 0.29) is 6.61 Å². The molecule has 80 valence electrons. The van der Waals surface area contributed by atoms with E-state index in [4.69, 9.17) is 5.11 Å². The first kappa shape index (κ1) is 12.9. The van der Waals surface area contributed by atoms with E-state index in [0.717, 1.165) is 0 Å². The number of hydrogen-bond acceptors (Lipinski definition) is 2. The van der Waals surface area contributed by atoms with Crippen molar-refractivity contribution in [1.82, 2.24) is 0 Å². The topological polar surface area (TPSA) is 29.5 Å². The van der Waals surface area contributed by atoms with Gasteiger partial charge in [0.15, 0.2) is 0 Å². The molecule has 1 unspecified atom stereocenters. The Bertz CT molecular complexity index is 153. The van der Waals surface area contributed by atoms with Gasteiger partial charge in [0.25, 0.3) is 6.29 Å². The fraction of sp³-hybridized carbons (Fsp3) is 1.00. The molecule has 0 aliphatic rings. The number of hydrogen-bond donors (Lipinski definition) is 1. The third-order valence-electron chi connectivity index (χ3n) is 1.41. The van der Waals surface area contributed by atoms with E-state index < -0.39 is 20.5 Å². The fourth-order valence-corrected chi connectivity index (χ4v) is 1.30. The van der Waals surface area contributed by atoms with Crippen LogP contribution in [0.1, 0.15) is 0 Å². The number of halogens is 3. The zero-order chi connectivity index (χ0) is 10.7. The monoisotopic (exact) mass is 216 g/mol. The van der Waals surface area contributed by atoms with E-state index >= 15 is 0 Å². The van der Waals surface area contributed by atoms with Crippen LogP contribution in [0.15, 0.2) is 0 Å². The van der Waals surface area contributed by atoms with Crippen molar-refractivity contribution in [2.75, 3.05) is 6.61 Å². The lowest BCUT2D eigenvalue weighted by atomic mass is 10.6. The molecule has 0 radical (unpaired) electrons. The molecule has 1 atom stereocenters. The SMILES string of the molecule is C[Si](C)(C)CCOC(O)C(F)(F)F. The number of aliphatic hydroxyl groups excluding tert-OH is 1. The quantitative estimate of drug-likeness (QED) is 0.576. The van der Waals surface area contributed by atoms with Gasteiger partial charge in [-0.15, -0.1) is 0 Å². The molecule has 0 fully saturated rings. The number of aliphatic hydroxyl groups is 1. The summed E-state index contributed by atoms with van der Waals surface area (Å²) < 4.78 is 39.4. The molecule has 0 spiro atoms. The molecule has 13 heavy (non-hydrogen) atoms. The van der Waals surface area contributed by atoms with Gasteiger partial charge in [-0.05, 0) is 6.04 Å². The summed E-state index contributed by atoms with van der Waals surface area (Å²) in [5, 5.41) is 8.45. The van der Waals surface area contributed by atoms with Crippen LogP contribution < -0.4 is 0 Å². The normalized spacial score (nSPS) is 15.9. The second kappa shape index (κ2) is 4.43. The van der Waals surface area contributed by atoms with Gasteiger partial charge in [0, 0.05) is 14.7 Å². The summed E-state index contributed by atoms with van der Waals surface area (Å²) in [7, 11) is -1.39. The van der Waals surface area contributed by atoms with E-state index in [1.54, 1.807) is 0 Å². The molecule has 0 rings (SSSR count). The van der Waals surface area contributed by atoms with Gasteiger partial charge >= 0.3 is 6.18 Å². The van der Waals surface area contributed by atoms with Gasteiger partial charge in [0.1, 0.15) is 0 Å². The van der Waals surface area contributed by atoms with Crippen LogP contribution in [0, 0.1) is 0 Å². The zero-order valence-electron chi connectivity index (χ0n) is 7.98. The molecule has 0 amide bonds. The van der Waals surface area contributed by atoms with Crippen LogP contribution in [0.25, 0.3) is 0 Å². The lowest BCUT2D eigenvalue weighted by Gasteiger charge is -2.19. The van der Waals surface area contributed by atoms with Crippen LogP contribution in [0.5, 0.6) is 0 Å². The first-order chi connectivity index (χ1) is 5.63. The molecule has 1 N–H and O–H groups in total. The zero-order valence-corrected chi connectivity index (χ0v) is 8.98. The van der Waals surface area contributed by atoms with Gasteiger partial charge in [-0.1, -0.05) is 19.6 Å². The molecule has 0 aliphatic heterocycles. The van der Waals surface area contributed by atoms with Crippen molar-refractivity contribution in [3.63, 3.8) is 0 Å². The molecule has 2 nitrogen and oxygen atoms in total. The summed E-state index contributed by atoms with van der Waals surface area (Å²) in [4.78, 5) is 0. The van der Waals surface area contributed by atoms with Crippen molar-refractivity contribution in [1.29, 1.82) is 0 Å². The molecule has 0 bridgehead atoms. The lowest BCUT2D eigenvalue weighted by Crippen LogP contribution is -2.33. The van der Waals surface area contributed by atoms with Crippen LogP contribution in [0.2, 0.25) is 25.7 Å². The minimum atomic E-state index is -4.67. The molecular weight excluding hydrogens is 201 g/mol. The van der Waals surface area contributed by atoms with Crippen molar-refractivity contribution in [3.05, 3.63) is 0 Å². The van der Waals surface area contributed by atoms with E-state index in [1.165, 1.54) is 0 Å². The van der Waals surface area contributed by atoms with Crippen molar-refractivity contribution < 1.29 is 23.0 Å². The lowest BCUT2D eigenvalue weighted by molar-refractivity contribution is -0.292. The largest absolute Gasteiger partial charge is 0.439 e. The molecule has 0 saturated carbocycles. The van der Waals surface area contributed by atoms with Gasteiger partial charge < -0.3 is 9.84 Å². The average Bonchev–Trinajstić information content (AvgIpc) is 1.82. The first-order valence-corrected chi connectivity index (χ1v) is 7.70. The molecule has 0 heterocycles. The summed E-state index contributed by atoms with van der Waals surface area (Å²) in [5.74, 6) is 0. The molecule has 0 saturated heterocycles. The molecule has 6 heteroatoms. The third-order valence-corrected chi connectivity index (χ3v) is 3.11. The van der Waals surface area contributed by atoms with Crippen molar-refractivity contribution in [3.8, 4) is 0 Å². The summed E-state index contributed by atoms with van der Waals surface area (Å²) >= 11 is 0. The van der Waals surface area contributed by atoms with Crippen molar-refractivity contribution >= 4 is 8.07 Å². The van der Waals surface area contributed by atoms with Gasteiger partial charge in [-0.3, -0.25) is 0 Å². The molecular formula is C7H15F3O2Si. The molecule has 0 aromatic carbocycles. The Kier molecular flexibility index (Phi) is 4.41. The van der Waals surface area contributed by atoms with E-state index in [0.29, 0.717) is 6.04 Å². The Balaban J connectivity index is 3.67. The van der Waals surface area contributed by atoms with Gasteiger partial charge in [0.05, 0.1) is 0 Å². The fourth-order valence-electron chi connectivity index (χ4n) is 0.571. The van der Waals surface area contributed by atoms with Crippen LogP contribution in [0.4, 0.5) is 13.2 Å². The maximum Gasteiger partial charge on any atom is 0.439 e. The standard InChI is InChI=1S/C7H15F3O2Si/c1-13(2,3)5-4-12-6(11)7(8,9)10/h6,11H,4-5H2,1-3H3. The number of rotatable bonds is 4. The first-order valence-electron chi connectivity index (χ1n) is 3.99. The Morgan fingerprint density at radius 3 is 2.08 bits per heavy atom. The number of alkyl halides is 3. The molecule has 0 aromatic heterocycles. The summed E-state index contributed by atoms with van der Waals surface area (Å²) in [5.41, 5.74) is 0. The van der Waals surface area contributed by atoms with Gasteiger partial charge in [-0.2, -0.15) is 13.2 Å². The van der Waals surface area contributed by atoms with Crippen LogP contribution in [-0.2, 0) is 4.74 Å². The van der Waals surface area contributed by atoms with E-state index in [1.807, 2.05) is 19.6 Å². The second-order valence-corrected chi connectivity index (χ2v) is 9.70. The predicted molar refractivity (Wildman–Crippen MR) is 46.2 cm³/mol. The Hall–Kier alpha value is -0.0731. The van der Waals surface area contributed by atoms with Crippen LogP contribution in [0.3, 0.4) is 0 Å². The smallest absolute Gasteiger partial charge is 0.361 e. The Morgan fingerprint density at radius 1 is 1.31 bits per heavy atom. The van der Waals surface area contributed by atoms with Crippen molar-refractivity contribution in [2.24, 2.45) is 0 Å². The third kappa shape index (κ3) is 7.03. The van der Waals surface area contributed by atoms with Crippen LogP contribution >= 0.6 is 0 Å². The highest BCUT2D eigenvalue weighted by molar-refractivity contribution is 6.76. The number of ether oxygens (including phenoxy) is 1. The highest BCUT2D eigenvalue weighted by atomic mass is 28.3. The van der Waals surface area contributed by atoms with Gasteiger partial charge in [-0.25, -0.2) is 0 Å². The Labute approximate surface area is 76.7 Å². The average molecular weight is 216 g/mol. The van der Waals surface area contributed by atoms with E-state index in [2.05, 4.69) is 4.74 Å². The molecule has 0 aliphatic carbocycles. The summed E-state index contributed by atoms with van der Waals surface area (Å²) in [6, 6.07) is 0.611. The highest BCUT2D eigenvalue weighted by Crippen LogP contribution is 2.21. The van der Waals surface area contributed by atoms with Crippen molar-refractivity contribution in [2.45, 2.75) is 38.2 Å². The maximum atomic E-state index is 11.7. The Morgan fingerprint density at radius 2 is 1.77 bits per heavy atom. The second-order valence-electron chi connectivity index (χ2n) is 4.08.